The molecule has 22 heavy (non-hydrogen) atoms. The number of phenolic OH excluding ortho intramolecular Hbond substituents is 1. The highest BCUT2D eigenvalue weighted by atomic mass is 16.3. The van der Waals surface area contributed by atoms with Gasteiger partial charge in [0.2, 0.25) is 0 Å². The van der Waals surface area contributed by atoms with Crippen molar-refractivity contribution in [3.8, 4) is 22.7 Å². The summed E-state index contributed by atoms with van der Waals surface area (Å²) in [7, 11) is 1.78. The standard InChI is InChI=1S/C16H17N5O/c1-10-9-21(11(2)18-10)12-4-5-13(15(22)8-12)14-6-7-16(17-3)20-19-14/h4-9,22H,1-3H3,(H,17,20). The quantitative estimate of drug-likeness (QED) is 0.777. The normalized spacial score (nSPS) is 10.7. The first-order valence-corrected chi connectivity index (χ1v) is 6.96. The second-order valence-electron chi connectivity index (χ2n) is 5.05. The van der Waals surface area contributed by atoms with E-state index in [0.717, 1.165) is 17.2 Å². The third-order valence-corrected chi connectivity index (χ3v) is 3.46. The van der Waals surface area contributed by atoms with Crippen LogP contribution in [0.1, 0.15) is 11.5 Å². The molecule has 0 fully saturated rings. The Labute approximate surface area is 128 Å². The summed E-state index contributed by atoms with van der Waals surface area (Å²) in [4.78, 5) is 4.37. The SMILES string of the molecule is CNc1ccc(-c2ccc(-n3cc(C)nc3C)cc2O)nn1. The molecule has 0 aliphatic carbocycles. The van der Waals surface area contributed by atoms with Crippen molar-refractivity contribution < 1.29 is 5.11 Å². The highest BCUT2D eigenvalue weighted by molar-refractivity contribution is 5.69. The molecule has 0 unspecified atom stereocenters. The smallest absolute Gasteiger partial charge is 0.148 e. The highest BCUT2D eigenvalue weighted by Gasteiger charge is 2.10. The molecule has 0 amide bonds. The van der Waals surface area contributed by atoms with Crippen LogP contribution in [0.3, 0.4) is 0 Å². The molecule has 6 heteroatoms. The molecular formula is C16H17N5O. The lowest BCUT2D eigenvalue weighted by atomic mass is 10.1. The zero-order valence-corrected chi connectivity index (χ0v) is 12.7. The zero-order valence-electron chi connectivity index (χ0n) is 12.7. The van der Waals surface area contributed by atoms with Gasteiger partial charge in [-0.3, -0.25) is 0 Å². The molecule has 112 valence electrons. The van der Waals surface area contributed by atoms with Crippen LogP contribution in [0.25, 0.3) is 16.9 Å². The Bertz CT molecular complexity index is 808. The van der Waals surface area contributed by atoms with E-state index in [1.807, 2.05) is 48.9 Å². The van der Waals surface area contributed by atoms with Crippen LogP contribution in [0.2, 0.25) is 0 Å². The minimum Gasteiger partial charge on any atom is -0.507 e. The molecule has 3 rings (SSSR count). The maximum atomic E-state index is 10.3. The lowest BCUT2D eigenvalue weighted by molar-refractivity contribution is 0.476. The average molecular weight is 295 g/mol. The fourth-order valence-corrected chi connectivity index (χ4v) is 2.38. The third-order valence-electron chi connectivity index (χ3n) is 3.46. The summed E-state index contributed by atoms with van der Waals surface area (Å²) in [5, 5.41) is 21.4. The van der Waals surface area contributed by atoms with Gasteiger partial charge in [-0.25, -0.2) is 4.98 Å². The summed E-state index contributed by atoms with van der Waals surface area (Å²) in [5.41, 5.74) is 3.07. The largest absolute Gasteiger partial charge is 0.507 e. The van der Waals surface area contributed by atoms with E-state index in [1.165, 1.54) is 0 Å². The number of nitrogens with one attached hydrogen (secondary N) is 1. The first-order valence-electron chi connectivity index (χ1n) is 6.96. The molecule has 0 radical (unpaired) electrons. The van der Waals surface area contributed by atoms with E-state index in [1.54, 1.807) is 13.1 Å². The Kier molecular flexibility index (Phi) is 3.50. The van der Waals surface area contributed by atoms with Crippen LogP contribution in [0.5, 0.6) is 5.75 Å². The van der Waals surface area contributed by atoms with Gasteiger partial charge in [0.25, 0.3) is 0 Å². The van der Waals surface area contributed by atoms with Crippen LogP contribution < -0.4 is 5.32 Å². The minimum atomic E-state index is 0.162. The molecule has 0 saturated heterocycles. The van der Waals surface area contributed by atoms with Gasteiger partial charge in [0.1, 0.15) is 17.4 Å². The maximum absolute atomic E-state index is 10.3. The topological polar surface area (TPSA) is 75.9 Å². The molecule has 2 aromatic heterocycles. The number of imidazole rings is 1. The second-order valence-corrected chi connectivity index (χ2v) is 5.05. The Balaban J connectivity index is 2.00. The third kappa shape index (κ3) is 2.50. The van der Waals surface area contributed by atoms with Gasteiger partial charge in [0.15, 0.2) is 0 Å². The Hall–Kier alpha value is -2.89. The van der Waals surface area contributed by atoms with Crippen molar-refractivity contribution in [3.05, 3.63) is 48.0 Å². The summed E-state index contributed by atoms with van der Waals surface area (Å²) in [6.45, 7) is 3.87. The molecule has 0 aliphatic heterocycles. The molecule has 6 nitrogen and oxygen atoms in total. The van der Waals surface area contributed by atoms with E-state index in [-0.39, 0.29) is 5.75 Å². The number of nitrogens with zero attached hydrogens (tertiary/aromatic N) is 4. The summed E-state index contributed by atoms with van der Waals surface area (Å²) < 4.78 is 1.94. The van der Waals surface area contributed by atoms with E-state index in [9.17, 15) is 5.11 Å². The molecule has 0 saturated carbocycles. The van der Waals surface area contributed by atoms with Gasteiger partial charge in [0, 0.05) is 24.9 Å². The van der Waals surface area contributed by atoms with Gasteiger partial charge in [-0.2, -0.15) is 0 Å². The summed E-state index contributed by atoms with van der Waals surface area (Å²) in [5.74, 6) is 1.72. The van der Waals surface area contributed by atoms with Crippen LogP contribution in [-0.2, 0) is 0 Å². The number of hydrogen-bond donors (Lipinski definition) is 2. The first-order chi connectivity index (χ1) is 10.6. The van der Waals surface area contributed by atoms with Gasteiger partial charge in [-0.1, -0.05) is 0 Å². The van der Waals surface area contributed by atoms with Crippen molar-refractivity contribution in [2.24, 2.45) is 0 Å². The second kappa shape index (κ2) is 5.48. The Morgan fingerprint density at radius 2 is 1.91 bits per heavy atom. The number of benzene rings is 1. The van der Waals surface area contributed by atoms with Gasteiger partial charge < -0.3 is 15.0 Å². The molecule has 0 aliphatic rings. The van der Waals surface area contributed by atoms with Crippen molar-refractivity contribution in [2.45, 2.75) is 13.8 Å². The van der Waals surface area contributed by atoms with Gasteiger partial charge in [-0.05, 0) is 38.1 Å². The van der Waals surface area contributed by atoms with Crippen LogP contribution in [0.15, 0.2) is 36.5 Å². The van der Waals surface area contributed by atoms with Crippen LogP contribution in [-0.4, -0.2) is 31.9 Å². The number of aryl methyl sites for hydroxylation is 2. The van der Waals surface area contributed by atoms with Gasteiger partial charge >= 0.3 is 0 Å². The van der Waals surface area contributed by atoms with Crippen molar-refractivity contribution in [3.63, 3.8) is 0 Å². The zero-order chi connectivity index (χ0) is 15.7. The maximum Gasteiger partial charge on any atom is 0.148 e. The number of aromatic hydroxyl groups is 1. The van der Waals surface area contributed by atoms with E-state index in [4.69, 9.17) is 0 Å². The van der Waals surface area contributed by atoms with Crippen molar-refractivity contribution >= 4 is 5.82 Å². The predicted octanol–water partition coefficient (Wildman–Crippen LogP) is 2.69. The van der Waals surface area contributed by atoms with Crippen LogP contribution in [0, 0.1) is 13.8 Å². The number of rotatable bonds is 3. The summed E-state index contributed by atoms with van der Waals surface area (Å²) in [6, 6.07) is 9.11. The first kappa shape index (κ1) is 14.1. The molecule has 0 spiro atoms. The van der Waals surface area contributed by atoms with Crippen LogP contribution >= 0.6 is 0 Å². The summed E-state index contributed by atoms with van der Waals surface area (Å²) in [6.07, 6.45) is 1.94. The molecule has 3 aromatic rings. The molecule has 2 N–H and O–H groups in total. The fraction of sp³-hybridized carbons (Fsp3) is 0.188. The Morgan fingerprint density at radius 1 is 1.09 bits per heavy atom. The summed E-state index contributed by atoms with van der Waals surface area (Å²) >= 11 is 0. The number of aromatic nitrogens is 4. The van der Waals surface area contributed by atoms with Gasteiger partial charge in [-0.15, -0.1) is 10.2 Å². The molecule has 0 atom stereocenters. The molecule has 1 aromatic carbocycles. The molecule has 2 heterocycles. The van der Waals surface area contributed by atoms with Crippen LogP contribution in [0.4, 0.5) is 5.82 Å². The van der Waals surface area contributed by atoms with E-state index in [0.29, 0.717) is 17.1 Å². The average Bonchev–Trinajstić information content (AvgIpc) is 2.86. The molecular weight excluding hydrogens is 278 g/mol. The van der Waals surface area contributed by atoms with Crippen molar-refractivity contribution in [1.82, 2.24) is 19.7 Å². The lowest BCUT2D eigenvalue weighted by Gasteiger charge is -2.09. The van der Waals surface area contributed by atoms with Crippen molar-refractivity contribution in [1.29, 1.82) is 0 Å². The number of hydrogen-bond acceptors (Lipinski definition) is 5. The fourth-order valence-electron chi connectivity index (χ4n) is 2.38. The van der Waals surface area contributed by atoms with Gasteiger partial charge in [0.05, 0.1) is 17.1 Å². The monoisotopic (exact) mass is 295 g/mol. The van der Waals surface area contributed by atoms with E-state index < -0.39 is 0 Å². The number of anilines is 1. The van der Waals surface area contributed by atoms with E-state index >= 15 is 0 Å². The lowest BCUT2D eigenvalue weighted by Crippen LogP contribution is -1.97. The number of phenols is 1. The highest BCUT2D eigenvalue weighted by Crippen LogP contribution is 2.30. The Morgan fingerprint density at radius 3 is 2.45 bits per heavy atom. The molecule has 0 bridgehead atoms. The predicted molar refractivity (Wildman–Crippen MR) is 85.3 cm³/mol. The minimum absolute atomic E-state index is 0.162. The van der Waals surface area contributed by atoms with E-state index in [2.05, 4.69) is 20.5 Å². The van der Waals surface area contributed by atoms with Crippen molar-refractivity contribution in [2.75, 3.05) is 12.4 Å².